The molecule has 1 atom stereocenters. The summed E-state index contributed by atoms with van der Waals surface area (Å²) in [5.74, 6) is -5.01. The number of carbonyl (C=O) groups is 1. The van der Waals surface area contributed by atoms with Crippen LogP contribution in [0, 0.1) is 0 Å². The van der Waals surface area contributed by atoms with Crippen LogP contribution in [0.1, 0.15) is 18.5 Å². The number of carbonyl (C=O) groups excluding carboxylic acids is 1. The van der Waals surface area contributed by atoms with Crippen LogP contribution < -0.4 is 10.5 Å². The number of alkyl halides is 2. The van der Waals surface area contributed by atoms with Gasteiger partial charge in [-0.2, -0.15) is 8.78 Å². The molecule has 0 aliphatic heterocycles. The van der Waals surface area contributed by atoms with E-state index in [0.717, 1.165) is 0 Å². The molecule has 0 aliphatic rings. The van der Waals surface area contributed by atoms with E-state index in [-0.39, 0.29) is 12.2 Å². The SMILES string of the molecule is CCOC(=O)C(F)(F)C(N)c1cccc(OC)c1. The van der Waals surface area contributed by atoms with Crippen LogP contribution in [0.25, 0.3) is 0 Å². The third-order valence-electron chi connectivity index (χ3n) is 2.39. The van der Waals surface area contributed by atoms with E-state index in [0.29, 0.717) is 5.75 Å². The van der Waals surface area contributed by atoms with Crippen LogP contribution in [0.5, 0.6) is 5.75 Å². The van der Waals surface area contributed by atoms with Gasteiger partial charge in [-0.15, -0.1) is 0 Å². The average molecular weight is 259 g/mol. The fourth-order valence-electron chi connectivity index (χ4n) is 1.40. The molecule has 0 fully saturated rings. The summed E-state index contributed by atoms with van der Waals surface area (Å²) in [6, 6.07) is 4.11. The highest BCUT2D eigenvalue weighted by atomic mass is 19.3. The second kappa shape index (κ2) is 5.77. The third-order valence-corrected chi connectivity index (χ3v) is 2.39. The Morgan fingerprint density at radius 3 is 2.72 bits per heavy atom. The predicted octanol–water partition coefficient (Wildman–Crippen LogP) is 1.89. The van der Waals surface area contributed by atoms with Crippen molar-refractivity contribution in [2.75, 3.05) is 13.7 Å². The van der Waals surface area contributed by atoms with Gasteiger partial charge in [0.25, 0.3) is 0 Å². The summed E-state index contributed by atoms with van der Waals surface area (Å²) in [7, 11) is 1.41. The maximum Gasteiger partial charge on any atom is 0.379 e. The number of rotatable bonds is 5. The van der Waals surface area contributed by atoms with Crippen molar-refractivity contribution in [3.63, 3.8) is 0 Å². The summed E-state index contributed by atoms with van der Waals surface area (Å²) in [6.07, 6.45) is 0. The first-order valence-electron chi connectivity index (χ1n) is 5.38. The van der Waals surface area contributed by atoms with Gasteiger partial charge >= 0.3 is 11.9 Å². The minimum absolute atomic E-state index is 0.104. The van der Waals surface area contributed by atoms with Crippen molar-refractivity contribution in [3.05, 3.63) is 29.8 Å². The molecule has 100 valence electrons. The number of hydrogen-bond donors (Lipinski definition) is 1. The Bertz CT molecular complexity index is 424. The number of methoxy groups -OCH3 is 1. The van der Waals surface area contributed by atoms with Crippen molar-refractivity contribution in [2.45, 2.75) is 18.9 Å². The lowest BCUT2D eigenvalue weighted by Gasteiger charge is -2.22. The maximum absolute atomic E-state index is 13.7. The van der Waals surface area contributed by atoms with Gasteiger partial charge in [0.15, 0.2) is 0 Å². The fourth-order valence-corrected chi connectivity index (χ4v) is 1.40. The van der Waals surface area contributed by atoms with E-state index in [9.17, 15) is 13.6 Å². The molecule has 0 aliphatic carbocycles. The Balaban J connectivity index is 2.97. The first-order chi connectivity index (χ1) is 8.43. The van der Waals surface area contributed by atoms with Crippen LogP contribution >= 0.6 is 0 Å². The highest BCUT2D eigenvalue weighted by Crippen LogP contribution is 2.31. The molecule has 6 heteroatoms. The van der Waals surface area contributed by atoms with Gasteiger partial charge in [0.2, 0.25) is 0 Å². The van der Waals surface area contributed by atoms with Gasteiger partial charge < -0.3 is 15.2 Å². The lowest BCUT2D eigenvalue weighted by molar-refractivity contribution is -0.174. The van der Waals surface area contributed by atoms with Gasteiger partial charge in [0.1, 0.15) is 11.8 Å². The van der Waals surface area contributed by atoms with Crippen molar-refractivity contribution in [3.8, 4) is 5.75 Å². The molecule has 1 aromatic rings. The molecular formula is C12H15F2NO3. The molecule has 0 saturated heterocycles. The van der Waals surface area contributed by atoms with E-state index in [2.05, 4.69) is 4.74 Å². The summed E-state index contributed by atoms with van der Waals surface area (Å²) >= 11 is 0. The zero-order valence-electron chi connectivity index (χ0n) is 10.2. The summed E-state index contributed by atoms with van der Waals surface area (Å²) in [6.45, 7) is 1.32. The quantitative estimate of drug-likeness (QED) is 0.820. The molecule has 0 radical (unpaired) electrons. The Morgan fingerprint density at radius 1 is 1.50 bits per heavy atom. The predicted molar refractivity (Wildman–Crippen MR) is 61.5 cm³/mol. The molecule has 0 aromatic heterocycles. The molecular weight excluding hydrogens is 244 g/mol. The fraction of sp³-hybridized carbons (Fsp3) is 0.417. The van der Waals surface area contributed by atoms with Crippen LogP contribution in [0.4, 0.5) is 8.78 Å². The van der Waals surface area contributed by atoms with E-state index in [1.807, 2.05) is 0 Å². The Kier molecular flexibility index (Phi) is 4.61. The Morgan fingerprint density at radius 2 is 2.17 bits per heavy atom. The van der Waals surface area contributed by atoms with Gasteiger partial charge in [-0.05, 0) is 24.6 Å². The van der Waals surface area contributed by atoms with Crippen molar-refractivity contribution in [2.24, 2.45) is 5.73 Å². The highest BCUT2D eigenvalue weighted by Gasteiger charge is 2.47. The minimum Gasteiger partial charge on any atom is -0.497 e. The van der Waals surface area contributed by atoms with E-state index in [4.69, 9.17) is 10.5 Å². The molecule has 1 rings (SSSR count). The zero-order valence-corrected chi connectivity index (χ0v) is 10.2. The molecule has 0 bridgehead atoms. The van der Waals surface area contributed by atoms with Gasteiger partial charge in [-0.25, -0.2) is 4.79 Å². The molecule has 18 heavy (non-hydrogen) atoms. The van der Waals surface area contributed by atoms with Crippen molar-refractivity contribution >= 4 is 5.97 Å². The number of esters is 1. The molecule has 0 spiro atoms. The summed E-state index contributed by atoms with van der Waals surface area (Å²) < 4.78 is 36.6. The topological polar surface area (TPSA) is 61.5 Å². The summed E-state index contributed by atoms with van der Waals surface area (Å²) in [5, 5.41) is 0. The van der Waals surface area contributed by atoms with E-state index < -0.39 is 17.9 Å². The van der Waals surface area contributed by atoms with E-state index >= 15 is 0 Å². The first kappa shape index (κ1) is 14.4. The second-order valence-corrected chi connectivity index (χ2v) is 3.60. The smallest absolute Gasteiger partial charge is 0.379 e. The van der Waals surface area contributed by atoms with Gasteiger partial charge in [-0.1, -0.05) is 12.1 Å². The maximum atomic E-state index is 13.7. The lowest BCUT2D eigenvalue weighted by atomic mass is 10.0. The highest BCUT2D eigenvalue weighted by molar-refractivity contribution is 5.78. The van der Waals surface area contributed by atoms with E-state index in [1.165, 1.54) is 32.2 Å². The Labute approximate surface area is 104 Å². The van der Waals surface area contributed by atoms with Crippen molar-refractivity contribution < 1.29 is 23.0 Å². The number of hydrogen-bond acceptors (Lipinski definition) is 4. The van der Waals surface area contributed by atoms with Crippen molar-refractivity contribution in [1.82, 2.24) is 0 Å². The summed E-state index contributed by atoms with van der Waals surface area (Å²) in [5.41, 5.74) is 5.53. The normalized spacial score (nSPS) is 12.9. The minimum atomic E-state index is -3.78. The van der Waals surface area contributed by atoms with E-state index in [1.54, 1.807) is 6.07 Å². The largest absolute Gasteiger partial charge is 0.497 e. The number of ether oxygens (including phenoxy) is 2. The molecule has 2 N–H and O–H groups in total. The van der Waals surface area contributed by atoms with Gasteiger partial charge in [-0.3, -0.25) is 0 Å². The number of benzene rings is 1. The zero-order chi connectivity index (χ0) is 13.8. The monoisotopic (exact) mass is 259 g/mol. The van der Waals surface area contributed by atoms with Crippen LogP contribution in [-0.2, 0) is 9.53 Å². The molecule has 1 unspecified atom stereocenters. The lowest BCUT2D eigenvalue weighted by Crippen LogP contribution is -2.41. The van der Waals surface area contributed by atoms with Crippen molar-refractivity contribution in [1.29, 1.82) is 0 Å². The van der Waals surface area contributed by atoms with Crippen LogP contribution in [-0.4, -0.2) is 25.6 Å². The molecule has 4 nitrogen and oxygen atoms in total. The van der Waals surface area contributed by atoms with Crippen LogP contribution in [0.2, 0.25) is 0 Å². The number of halogens is 2. The van der Waals surface area contributed by atoms with Crippen LogP contribution in [0.15, 0.2) is 24.3 Å². The number of nitrogens with two attached hydrogens (primary N) is 1. The van der Waals surface area contributed by atoms with Gasteiger partial charge in [0, 0.05) is 0 Å². The van der Waals surface area contributed by atoms with Gasteiger partial charge in [0.05, 0.1) is 13.7 Å². The van der Waals surface area contributed by atoms with Crippen LogP contribution in [0.3, 0.4) is 0 Å². The standard InChI is InChI=1S/C12H15F2NO3/c1-3-18-11(16)12(13,14)10(15)8-5-4-6-9(7-8)17-2/h4-7,10H,3,15H2,1-2H3. The molecule has 1 aromatic carbocycles. The molecule has 0 amide bonds. The first-order valence-corrected chi connectivity index (χ1v) is 5.38. The molecule has 0 heterocycles. The molecule has 0 saturated carbocycles. The Hall–Kier alpha value is -1.69. The third kappa shape index (κ3) is 2.95. The second-order valence-electron chi connectivity index (χ2n) is 3.60. The average Bonchev–Trinajstić information content (AvgIpc) is 2.38. The summed E-state index contributed by atoms with van der Waals surface area (Å²) in [4.78, 5) is 11.2.